The highest BCUT2D eigenvalue weighted by Gasteiger charge is 2.22. The van der Waals surface area contributed by atoms with Crippen LogP contribution in [0.2, 0.25) is 10.4 Å². The largest absolute Gasteiger partial charge is 0.381 e. The fourth-order valence-electron chi connectivity index (χ4n) is 1.76. The first-order valence-electron chi connectivity index (χ1n) is 5.05. The summed E-state index contributed by atoms with van der Waals surface area (Å²) in [4.78, 5) is 6.08. The monoisotopic (exact) mass is 262 g/mol. The molecule has 0 radical (unpaired) electrons. The summed E-state index contributed by atoms with van der Waals surface area (Å²) in [5, 5.41) is 7.72. The Morgan fingerprint density at radius 2 is 1.94 bits per heavy atom. The molecule has 1 saturated heterocycles. The minimum Gasteiger partial charge on any atom is -0.381 e. The number of aromatic nitrogens is 3. The Morgan fingerprint density at radius 1 is 1.25 bits per heavy atom. The van der Waals surface area contributed by atoms with E-state index in [1.165, 1.54) is 0 Å². The van der Waals surface area contributed by atoms with Gasteiger partial charge in [-0.15, -0.1) is 10.2 Å². The van der Waals surface area contributed by atoms with Crippen LogP contribution in [0.4, 0.5) is 5.82 Å². The molecule has 1 aromatic rings. The number of nitrogens with zero attached hydrogens (tertiary/aromatic N) is 4. The lowest BCUT2D eigenvalue weighted by atomic mass is 10.1. The van der Waals surface area contributed by atoms with E-state index >= 15 is 0 Å². The van der Waals surface area contributed by atoms with E-state index in [4.69, 9.17) is 27.9 Å². The summed E-state index contributed by atoms with van der Waals surface area (Å²) in [5.74, 6) is 0.577. The van der Waals surface area contributed by atoms with Crippen molar-refractivity contribution in [3.63, 3.8) is 0 Å². The lowest BCUT2D eigenvalue weighted by molar-refractivity contribution is 0.0853. The molecular formula is C9H12Cl2N4O. The molecule has 0 spiro atoms. The summed E-state index contributed by atoms with van der Waals surface area (Å²) in [6.07, 6.45) is 1.91. The number of hydrogen-bond acceptors (Lipinski definition) is 5. The predicted octanol–water partition coefficient (Wildman–Crippen LogP) is 1.79. The second-order valence-corrected chi connectivity index (χ2v) is 4.35. The van der Waals surface area contributed by atoms with Gasteiger partial charge in [-0.3, -0.25) is 0 Å². The van der Waals surface area contributed by atoms with Crippen LogP contribution >= 0.6 is 23.2 Å². The highest BCUT2D eigenvalue weighted by Crippen LogP contribution is 2.25. The minimum atomic E-state index is 0.110. The maximum atomic E-state index is 5.94. The van der Waals surface area contributed by atoms with Crippen LogP contribution in [0.1, 0.15) is 12.8 Å². The Hall–Kier alpha value is -0.650. The van der Waals surface area contributed by atoms with Crippen molar-refractivity contribution in [3.05, 3.63) is 10.4 Å². The zero-order valence-electron chi connectivity index (χ0n) is 8.86. The summed E-state index contributed by atoms with van der Waals surface area (Å²) in [7, 11) is 1.93. The highest BCUT2D eigenvalue weighted by molar-refractivity contribution is 6.32. The fourth-order valence-corrected chi connectivity index (χ4v) is 2.09. The Morgan fingerprint density at radius 3 is 2.62 bits per heavy atom. The minimum absolute atomic E-state index is 0.110. The van der Waals surface area contributed by atoms with Crippen molar-refractivity contribution in [2.45, 2.75) is 18.9 Å². The van der Waals surface area contributed by atoms with Crippen molar-refractivity contribution in [1.29, 1.82) is 0 Å². The standard InChI is InChI=1S/C9H12Cl2N4O/c1-15(6-2-4-16-5-3-6)8-7(10)13-14-9(11)12-8/h6H,2-5H2,1H3. The van der Waals surface area contributed by atoms with Crippen molar-refractivity contribution in [2.75, 3.05) is 25.2 Å². The topological polar surface area (TPSA) is 51.1 Å². The molecule has 1 aliphatic heterocycles. The molecule has 0 N–H and O–H groups in total. The molecule has 0 bridgehead atoms. The maximum Gasteiger partial charge on any atom is 0.245 e. The van der Waals surface area contributed by atoms with Crippen molar-refractivity contribution >= 4 is 29.0 Å². The molecule has 0 amide bonds. The van der Waals surface area contributed by atoms with Gasteiger partial charge in [0.25, 0.3) is 0 Å². The van der Waals surface area contributed by atoms with Crippen LogP contribution in [0, 0.1) is 0 Å². The van der Waals surface area contributed by atoms with Gasteiger partial charge < -0.3 is 9.64 Å². The summed E-state index contributed by atoms with van der Waals surface area (Å²) < 4.78 is 5.31. The average molecular weight is 263 g/mol. The third-order valence-corrected chi connectivity index (χ3v) is 3.08. The lowest BCUT2D eigenvalue weighted by Crippen LogP contribution is -2.37. The van der Waals surface area contributed by atoms with Gasteiger partial charge >= 0.3 is 0 Å². The second kappa shape index (κ2) is 5.12. The first-order valence-corrected chi connectivity index (χ1v) is 5.80. The number of rotatable bonds is 2. The molecule has 2 rings (SSSR count). The summed E-state index contributed by atoms with van der Waals surface area (Å²) in [5.41, 5.74) is 0. The zero-order valence-corrected chi connectivity index (χ0v) is 10.4. The predicted molar refractivity (Wildman–Crippen MR) is 62.1 cm³/mol. The van der Waals surface area contributed by atoms with E-state index < -0.39 is 0 Å². The Balaban J connectivity index is 2.18. The molecule has 0 unspecified atom stereocenters. The molecule has 0 aromatic carbocycles. The first kappa shape index (κ1) is 11.8. The van der Waals surface area contributed by atoms with Crippen LogP contribution in [0.15, 0.2) is 0 Å². The number of hydrogen-bond donors (Lipinski definition) is 0. The SMILES string of the molecule is CN(c1nc(Cl)nnc1Cl)C1CCOCC1. The molecule has 1 fully saturated rings. The van der Waals surface area contributed by atoms with Crippen LogP contribution in [0.25, 0.3) is 0 Å². The van der Waals surface area contributed by atoms with Crippen LogP contribution in [0.5, 0.6) is 0 Å². The Labute approximate surface area is 104 Å². The Kier molecular flexibility index (Phi) is 3.78. The molecule has 0 saturated carbocycles. The van der Waals surface area contributed by atoms with Crippen molar-refractivity contribution < 1.29 is 4.74 Å². The van der Waals surface area contributed by atoms with Gasteiger partial charge in [0.05, 0.1) is 0 Å². The van der Waals surface area contributed by atoms with E-state index in [0.717, 1.165) is 26.1 Å². The highest BCUT2D eigenvalue weighted by atomic mass is 35.5. The van der Waals surface area contributed by atoms with Gasteiger partial charge in [0, 0.05) is 26.3 Å². The van der Waals surface area contributed by atoms with Crippen LogP contribution in [0.3, 0.4) is 0 Å². The molecule has 7 heteroatoms. The zero-order chi connectivity index (χ0) is 11.5. The Bertz CT molecular complexity index is 371. The van der Waals surface area contributed by atoms with Crippen molar-refractivity contribution in [3.8, 4) is 0 Å². The van der Waals surface area contributed by atoms with Crippen molar-refractivity contribution in [2.24, 2.45) is 0 Å². The van der Waals surface area contributed by atoms with Gasteiger partial charge in [-0.1, -0.05) is 11.6 Å². The van der Waals surface area contributed by atoms with Crippen molar-refractivity contribution in [1.82, 2.24) is 15.2 Å². The number of halogens is 2. The van der Waals surface area contributed by atoms with Gasteiger partial charge in [0.1, 0.15) is 0 Å². The van der Waals surface area contributed by atoms with Crippen LogP contribution < -0.4 is 4.90 Å². The number of ether oxygens (including phenoxy) is 1. The summed E-state index contributed by atoms with van der Waals surface area (Å²) in [6, 6.07) is 0.360. The van der Waals surface area contributed by atoms with Gasteiger partial charge in [-0.05, 0) is 24.4 Å². The van der Waals surface area contributed by atoms with Crippen LogP contribution in [-0.4, -0.2) is 41.5 Å². The maximum absolute atomic E-state index is 5.94. The van der Waals surface area contributed by atoms with Gasteiger partial charge in [0.15, 0.2) is 11.0 Å². The summed E-state index contributed by atoms with van der Waals surface area (Å²) >= 11 is 11.6. The molecule has 1 aliphatic rings. The van der Waals surface area contributed by atoms with Crippen LogP contribution in [-0.2, 0) is 4.74 Å². The van der Waals surface area contributed by atoms with E-state index in [0.29, 0.717) is 11.9 Å². The normalized spacial score (nSPS) is 17.4. The smallest absolute Gasteiger partial charge is 0.245 e. The fraction of sp³-hybridized carbons (Fsp3) is 0.667. The molecule has 0 aliphatic carbocycles. The molecular weight excluding hydrogens is 251 g/mol. The molecule has 2 heterocycles. The summed E-state index contributed by atoms with van der Waals surface area (Å²) in [6.45, 7) is 1.53. The molecule has 1 aromatic heterocycles. The van der Waals surface area contributed by atoms with E-state index in [1.807, 2.05) is 11.9 Å². The van der Waals surface area contributed by atoms with Gasteiger partial charge in [-0.2, -0.15) is 4.98 Å². The quantitative estimate of drug-likeness (QED) is 0.814. The third-order valence-electron chi connectivity index (χ3n) is 2.68. The number of anilines is 1. The van der Waals surface area contributed by atoms with E-state index in [9.17, 15) is 0 Å². The van der Waals surface area contributed by atoms with E-state index in [2.05, 4.69) is 15.2 Å². The third kappa shape index (κ3) is 2.53. The van der Waals surface area contributed by atoms with E-state index in [-0.39, 0.29) is 10.4 Å². The van der Waals surface area contributed by atoms with E-state index in [1.54, 1.807) is 0 Å². The first-order chi connectivity index (χ1) is 7.68. The lowest BCUT2D eigenvalue weighted by Gasteiger charge is -2.31. The average Bonchev–Trinajstić information content (AvgIpc) is 2.32. The van der Waals surface area contributed by atoms with Gasteiger partial charge in [0.2, 0.25) is 5.28 Å². The molecule has 88 valence electrons. The molecule has 5 nitrogen and oxygen atoms in total. The molecule has 0 atom stereocenters. The second-order valence-electron chi connectivity index (χ2n) is 3.65. The molecule has 16 heavy (non-hydrogen) atoms. The van der Waals surface area contributed by atoms with Gasteiger partial charge in [-0.25, -0.2) is 0 Å².